The van der Waals surface area contributed by atoms with E-state index in [1.54, 1.807) is 36.7 Å². The monoisotopic (exact) mass is 445 g/mol. The molecule has 3 aromatic heterocycles. The highest BCUT2D eigenvalue weighted by molar-refractivity contribution is 7.90. The summed E-state index contributed by atoms with van der Waals surface area (Å²) in [6.45, 7) is 1.86. The minimum atomic E-state index is -3.30. The Kier molecular flexibility index (Phi) is 4.63. The molecule has 3 heterocycles. The van der Waals surface area contributed by atoms with Crippen LogP contribution < -0.4 is 5.69 Å². The summed E-state index contributed by atoms with van der Waals surface area (Å²) in [7, 11) is -3.30. The second kappa shape index (κ2) is 7.38. The molecule has 0 fully saturated rings. The van der Waals surface area contributed by atoms with E-state index in [9.17, 15) is 13.2 Å². The molecule has 0 radical (unpaired) electrons. The van der Waals surface area contributed by atoms with Crippen LogP contribution in [0.2, 0.25) is 0 Å². The van der Waals surface area contributed by atoms with Crippen molar-refractivity contribution >= 4 is 32.0 Å². The average Bonchev–Trinajstić information content (AvgIpc) is 3.12. The van der Waals surface area contributed by atoms with Gasteiger partial charge in [-0.05, 0) is 36.8 Å². The van der Waals surface area contributed by atoms with E-state index in [-0.39, 0.29) is 16.6 Å². The first kappa shape index (κ1) is 20.1. The van der Waals surface area contributed by atoms with Gasteiger partial charge >= 0.3 is 5.69 Å². The molecule has 0 aliphatic rings. The van der Waals surface area contributed by atoms with Crippen molar-refractivity contribution in [2.24, 2.45) is 0 Å². The highest BCUT2D eigenvalue weighted by Crippen LogP contribution is 2.27. The summed E-state index contributed by atoms with van der Waals surface area (Å²) < 4.78 is 25.0. The summed E-state index contributed by atoms with van der Waals surface area (Å²) in [5.41, 5.74) is 3.60. The summed E-state index contributed by atoms with van der Waals surface area (Å²) in [6, 6.07) is 15.7. The Morgan fingerprint density at radius 1 is 1.00 bits per heavy atom. The van der Waals surface area contributed by atoms with Gasteiger partial charge in [0.2, 0.25) is 0 Å². The molecule has 1 unspecified atom stereocenters. The van der Waals surface area contributed by atoms with Crippen molar-refractivity contribution in [2.45, 2.75) is 17.9 Å². The van der Waals surface area contributed by atoms with Gasteiger partial charge in [-0.1, -0.05) is 30.3 Å². The number of pyridine rings is 1. The Morgan fingerprint density at radius 3 is 2.53 bits per heavy atom. The molecule has 8 nitrogen and oxygen atoms in total. The number of benzene rings is 2. The zero-order valence-electron chi connectivity index (χ0n) is 17.4. The van der Waals surface area contributed by atoms with Crippen LogP contribution in [0.4, 0.5) is 0 Å². The normalized spacial score (nSPS) is 12.9. The van der Waals surface area contributed by atoms with Crippen LogP contribution in [0.25, 0.3) is 33.5 Å². The number of sulfone groups is 1. The molecule has 0 saturated heterocycles. The fourth-order valence-corrected chi connectivity index (χ4v) is 4.48. The van der Waals surface area contributed by atoms with Crippen LogP contribution >= 0.6 is 0 Å². The van der Waals surface area contributed by atoms with Crippen molar-refractivity contribution in [2.75, 3.05) is 6.26 Å². The Bertz CT molecular complexity index is 1630. The summed E-state index contributed by atoms with van der Waals surface area (Å²) in [4.78, 5) is 29.3. The van der Waals surface area contributed by atoms with Gasteiger partial charge in [0.25, 0.3) is 0 Å². The maximum absolute atomic E-state index is 12.8. The van der Waals surface area contributed by atoms with E-state index in [2.05, 4.69) is 15.0 Å². The Morgan fingerprint density at radius 2 is 1.78 bits per heavy atom. The molecule has 32 heavy (non-hydrogen) atoms. The highest BCUT2D eigenvalue weighted by Gasteiger charge is 2.19. The number of aromatic amines is 1. The first-order valence-electron chi connectivity index (χ1n) is 9.94. The molecule has 0 aliphatic carbocycles. The highest BCUT2D eigenvalue weighted by atomic mass is 32.2. The molecule has 1 N–H and O–H groups in total. The molecule has 9 heteroatoms. The largest absolute Gasteiger partial charge is 0.329 e. The van der Waals surface area contributed by atoms with Crippen molar-refractivity contribution in [3.8, 4) is 11.3 Å². The van der Waals surface area contributed by atoms with E-state index >= 15 is 0 Å². The number of H-pyrrole nitrogens is 1. The van der Waals surface area contributed by atoms with Crippen LogP contribution in [-0.4, -0.2) is 39.2 Å². The molecular weight excluding hydrogens is 426 g/mol. The van der Waals surface area contributed by atoms with E-state index in [4.69, 9.17) is 4.98 Å². The molecule has 5 rings (SSSR count). The van der Waals surface area contributed by atoms with E-state index in [1.807, 2.05) is 37.3 Å². The lowest BCUT2D eigenvalue weighted by Crippen LogP contribution is -2.21. The SMILES string of the molecule is CC(c1ccc(S(C)(=O)=O)cc1)n1c(=O)[nH]c2ncc(-c3cccc4ncccc34)nc21. The van der Waals surface area contributed by atoms with Crippen LogP contribution in [0, 0.1) is 0 Å². The van der Waals surface area contributed by atoms with Crippen LogP contribution in [0.3, 0.4) is 0 Å². The fourth-order valence-electron chi connectivity index (χ4n) is 3.85. The second-order valence-corrected chi connectivity index (χ2v) is 9.64. The lowest BCUT2D eigenvalue weighted by Gasteiger charge is -2.14. The molecule has 0 saturated carbocycles. The van der Waals surface area contributed by atoms with E-state index in [0.29, 0.717) is 17.0 Å². The summed E-state index contributed by atoms with van der Waals surface area (Å²) >= 11 is 0. The Balaban J connectivity index is 1.64. The number of nitrogens with zero attached hydrogens (tertiary/aromatic N) is 4. The van der Waals surface area contributed by atoms with Gasteiger partial charge in [0.15, 0.2) is 21.1 Å². The number of rotatable bonds is 4. The van der Waals surface area contributed by atoms with E-state index in [0.717, 1.165) is 28.3 Å². The van der Waals surface area contributed by atoms with Gasteiger partial charge in [0.1, 0.15) is 0 Å². The predicted octanol–water partition coefficient (Wildman–Crippen LogP) is 3.35. The van der Waals surface area contributed by atoms with Crippen molar-refractivity contribution in [3.05, 3.63) is 83.0 Å². The van der Waals surface area contributed by atoms with Gasteiger partial charge in [0.05, 0.1) is 28.3 Å². The molecule has 160 valence electrons. The van der Waals surface area contributed by atoms with Gasteiger partial charge in [0, 0.05) is 23.4 Å². The van der Waals surface area contributed by atoms with E-state index < -0.39 is 9.84 Å². The topological polar surface area (TPSA) is 111 Å². The maximum atomic E-state index is 12.8. The quantitative estimate of drug-likeness (QED) is 0.454. The van der Waals surface area contributed by atoms with Crippen LogP contribution in [0.1, 0.15) is 18.5 Å². The third kappa shape index (κ3) is 3.36. The minimum absolute atomic E-state index is 0.228. The summed E-state index contributed by atoms with van der Waals surface area (Å²) in [5.74, 6) is 0. The smallest absolute Gasteiger partial charge is 0.289 e. The van der Waals surface area contributed by atoms with Gasteiger partial charge < -0.3 is 0 Å². The molecule has 0 amide bonds. The molecule has 0 aliphatic heterocycles. The Labute approximate surface area is 183 Å². The summed E-state index contributed by atoms with van der Waals surface area (Å²) in [6.07, 6.45) is 4.53. The van der Waals surface area contributed by atoms with Gasteiger partial charge in [-0.3, -0.25) is 14.5 Å². The lowest BCUT2D eigenvalue weighted by atomic mass is 10.1. The predicted molar refractivity (Wildman–Crippen MR) is 122 cm³/mol. The third-order valence-electron chi connectivity index (χ3n) is 5.53. The second-order valence-electron chi connectivity index (χ2n) is 7.62. The minimum Gasteiger partial charge on any atom is -0.289 e. The van der Waals surface area contributed by atoms with Crippen LogP contribution in [0.5, 0.6) is 0 Å². The number of fused-ring (bicyclic) bond motifs is 2. The van der Waals surface area contributed by atoms with Gasteiger partial charge in [-0.15, -0.1) is 0 Å². The first-order chi connectivity index (χ1) is 15.3. The standard InChI is InChI=1S/C23H19N5O3S/c1-14(15-8-10-16(11-9-15)32(2,30)31)28-22-21(27-23(28)29)25-13-20(26-22)18-5-3-7-19-17(18)6-4-12-24-19/h3-14H,1-2H3,(H,25,27,29). The number of hydrogen-bond donors (Lipinski definition) is 1. The van der Waals surface area contributed by atoms with Crippen molar-refractivity contribution in [1.29, 1.82) is 0 Å². The number of aromatic nitrogens is 5. The molecule has 5 aromatic rings. The van der Waals surface area contributed by atoms with Crippen molar-refractivity contribution in [3.63, 3.8) is 0 Å². The average molecular weight is 446 g/mol. The third-order valence-corrected chi connectivity index (χ3v) is 6.65. The molecule has 2 aromatic carbocycles. The lowest BCUT2D eigenvalue weighted by molar-refractivity contribution is 0.601. The number of imidazole rings is 1. The van der Waals surface area contributed by atoms with Gasteiger partial charge in [-0.25, -0.2) is 23.2 Å². The van der Waals surface area contributed by atoms with Crippen molar-refractivity contribution < 1.29 is 8.42 Å². The zero-order chi connectivity index (χ0) is 22.5. The molecular formula is C23H19N5O3S. The molecule has 0 bridgehead atoms. The van der Waals surface area contributed by atoms with E-state index in [1.165, 1.54) is 4.57 Å². The number of nitrogens with one attached hydrogen (secondary N) is 1. The van der Waals surface area contributed by atoms with Gasteiger partial charge in [-0.2, -0.15) is 0 Å². The fraction of sp³-hybridized carbons (Fsp3) is 0.130. The molecule has 0 spiro atoms. The van der Waals surface area contributed by atoms with Crippen LogP contribution in [0.15, 0.2) is 76.7 Å². The zero-order valence-corrected chi connectivity index (χ0v) is 18.2. The summed E-state index contributed by atoms with van der Waals surface area (Å²) in [5, 5.41) is 0.942. The maximum Gasteiger partial charge on any atom is 0.329 e. The van der Waals surface area contributed by atoms with Crippen molar-refractivity contribution in [1.82, 2.24) is 24.5 Å². The Hall–Kier alpha value is -3.85. The van der Waals surface area contributed by atoms with Crippen LogP contribution in [-0.2, 0) is 9.84 Å². The number of hydrogen-bond acceptors (Lipinski definition) is 6. The molecule has 1 atom stereocenters. The first-order valence-corrected chi connectivity index (χ1v) is 11.8.